The second-order valence-electron chi connectivity index (χ2n) is 4.86. The van der Waals surface area contributed by atoms with Gasteiger partial charge in [-0.05, 0) is 12.8 Å². The quantitative estimate of drug-likeness (QED) is 0.758. The minimum atomic E-state index is 0.236. The third-order valence-electron chi connectivity index (χ3n) is 3.63. The lowest BCUT2D eigenvalue weighted by Gasteiger charge is -2.35. The Kier molecular flexibility index (Phi) is 2.10. The highest BCUT2D eigenvalue weighted by Crippen LogP contribution is 2.43. The lowest BCUT2D eigenvalue weighted by Crippen LogP contribution is -2.29. The highest BCUT2D eigenvalue weighted by Gasteiger charge is 2.37. The summed E-state index contributed by atoms with van der Waals surface area (Å²) in [4.78, 5) is 0. The molecule has 0 spiro atoms. The molecule has 2 nitrogen and oxygen atoms in total. The lowest BCUT2D eigenvalue weighted by atomic mass is 9.69. The Morgan fingerprint density at radius 2 is 1.94 bits per heavy atom. The van der Waals surface area contributed by atoms with Gasteiger partial charge in [0.15, 0.2) is 0 Å². The lowest BCUT2D eigenvalue weighted by molar-refractivity contribution is 0.203. The summed E-state index contributed by atoms with van der Waals surface area (Å²) in [5.74, 6) is 1.04. The molecular weight excluding hydrogens is 198 g/mol. The van der Waals surface area contributed by atoms with Gasteiger partial charge in [-0.2, -0.15) is 0 Å². The highest BCUT2D eigenvalue weighted by molar-refractivity contribution is 5.58. The average Bonchev–Trinajstić information content (AvgIpc) is 2.77. The summed E-state index contributed by atoms with van der Waals surface area (Å²) >= 11 is 0. The summed E-state index contributed by atoms with van der Waals surface area (Å²) < 4.78 is 5.48. The van der Waals surface area contributed by atoms with Crippen molar-refractivity contribution in [1.82, 2.24) is 5.16 Å². The Balaban J connectivity index is 1.94. The van der Waals surface area contributed by atoms with Crippen LogP contribution >= 0.6 is 0 Å². The molecule has 0 aliphatic heterocycles. The summed E-state index contributed by atoms with van der Waals surface area (Å²) in [5.41, 5.74) is 2.31. The molecule has 2 heteroatoms. The van der Waals surface area contributed by atoms with Gasteiger partial charge >= 0.3 is 0 Å². The van der Waals surface area contributed by atoms with Crippen LogP contribution < -0.4 is 0 Å². The molecule has 1 aromatic heterocycles. The molecule has 1 fully saturated rings. The fourth-order valence-corrected chi connectivity index (χ4v) is 2.26. The van der Waals surface area contributed by atoms with Crippen LogP contribution in [0, 0.1) is 0 Å². The van der Waals surface area contributed by atoms with Crippen molar-refractivity contribution < 1.29 is 4.52 Å². The Bertz CT molecular complexity index is 482. The number of hydrogen-bond donors (Lipinski definition) is 0. The summed E-state index contributed by atoms with van der Waals surface area (Å²) in [7, 11) is 0. The van der Waals surface area contributed by atoms with E-state index >= 15 is 0 Å². The van der Waals surface area contributed by atoms with Gasteiger partial charge in [-0.25, -0.2) is 0 Å². The van der Waals surface area contributed by atoms with Gasteiger partial charge in [0.1, 0.15) is 11.5 Å². The summed E-state index contributed by atoms with van der Waals surface area (Å²) in [6.45, 7) is 2.26. The zero-order valence-electron chi connectivity index (χ0n) is 9.44. The van der Waals surface area contributed by atoms with Crippen molar-refractivity contribution in [2.75, 3.05) is 0 Å². The first-order valence-corrected chi connectivity index (χ1v) is 5.81. The normalized spacial score (nSPS) is 18.1. The van der Waals surface area contributed by atoms with Crippen LogP contribution in [0.15, 0.2) is 40.9 Å². The van der Waals surface area contributed by atoms with Crippen molar-refractivity contribution >= 4 is 0 Å². The minimum Gasteiger partial charge on any atom is -0.360 e. The van der Waals surface area contributed by atoms with Crippen molar-refractivity contribution in [2.45, 2.75) is 31.6 Å². The van der Waals surface area contributed by atoms with Crippen LogP contribution in [0.5, 0.6) is 0 Å². The van der Waals surface area contributed by atoms with E-state index in [-0.39, 0.29) is 5.41 Å². The van der Waals surface area contributed by atoms with E-state index in [1.165, 1.54) is 19.3 Å². The first-order chi connectivity index (χ1) is 7.78. The maximum Gasteiger partial charge on any atom is 0.143 e. The van der Waals surface area contributed by atoms with Crippen molar-refractivity contribution in [3.63, 3.8) is 0 Å². The molecule has 82 valence electrons. The maximum absolute atomic E-state index is 5.48. The second kappa shape index (κ2) is 3.48. The Morgan fingerprint density at radius 3 is 2.56 bits per heavy atom. The maximum atomic E-state index is 5.48. The van der Waals surface area contributed by atoms with E-state index in [1.54, 1.807) is 0 Å². The van der Waals surface area contributed by atoms with Crippen LogP contribution in [0.4, 0.5) is 0 Å². The first-order valence-electron chi connectivity index (χ1n) is 5.81. The second-order valence-corrected chi connectivity index (χ2v) is 4.86. The first kappa shape index (κ1) is 9.64. The molecule has 1 saturated carbocycles. The zero-order valence-corrected chi connectivity index (χ0v) is 9.44. The van der Waals surface area contributed by atoms with Gasteiger partial charge < -0.3 is 4.52 Å². The van der Waals surface area contributed by atoms with Gasteiger partial charge in [0.05, 0.1) is 0 Å². The Labute approximate surface area is 95.3 Å². The molecule has 0 bridgehead atoms. The minimum absolute atomic E-state index is 0.236. The van der Waals surface area contributed by atoms with Gasteiger partial charge in [0, 0.05) is 17.0 Å². The predicted octanol–water partition coefficient (Wildman–Crippen LogP) is 3.78. The van der Waals surface area contributed by atoms with E-state index in [1.807, 2.05) is 18.2 Å². The van der Waals surface area contributed by atoms with Crippen LogP contribution in [0.2, 0.25) is 0 Å². The van der Waals surface area contributed by atoms with Gasteiger partial charge in [0.2, 0.25) is 0 Å². The average molecular weight is 213 g/mol. The molecule has 2 aromatic rings. The third-order valence-corrected chi connectivity index (χ3v) is 3.63. The van der Waals surface area contributed by atoms with Crippen LogP contribution in [0.1, 0.15) is 31.9 Å². The van der Waals surface area contributed by atoms with Crippen LogP contribution in [-0.4, -0.2) is 5.16 Å². The molecule has 0 saturated heterocycles. The van der Waals surface area contributed by atoms with Gasteiger partial charge in [-0.15, -0.1) is 0 Å². The topological polar surface area (TPSA) is 26.0 Å². The number of hydrogen-bond acceptors (Lipinski definition) is 2. The molecule has 0 N–H and O–H groups in total. The molecule has 16 heavy (non-hydrogen) atoms. The van der Waals surface area contributed by atoms with Crippen LogP contribution in [-0.2, 0) is 5.41 Å². The van der Waals surface area contributed by atoms with E-state index in [4.69, 9.17) is 4.52 Å². The molecule has 0 unspecified atom stereocenters. The molecule has 0 radical (unpaired) electrons. The number of aromatic nitrogens is 1. The van der Waals surface area contributed by atoms with Gasteiger partial charge in [-0.1, -0.05) is 48.8 Å². The van der Waals surface area contributed by atoms with E-state index < -0.39 is 0 Å². The standard InChI is InChI=1S/C14H15NO/c1-14(8-5-9-14)13-10-12(15-16-13)11-6-3-2-4-7-11/h2-4,6-7,10H,5,8-9H2,1H3. The molecule has 1 aromatic carbocycles. The molecular formula is C14H15NO. The fraction of sp³-hybridized carbons (Fsp3) is 0.357. The van der Waals surface area contributed by atoms with E-state index in [2.05, 4.69) is 30.3 Å². The van der Waals surface area contributed by atoms with Crippen molar-refractivity contribution in [3.05, 3.63) is 42.2 Å². The zero-order chi connectivity index (χ0) is 11.0. The van der Waals surface area contributed by atoms with Crippen molar-refractivity contribution in [3.8, 4) is 11.3 Å². The van der Waals surface area contributed by atoms with E-state index in [0.29, 0.717) is 0 Å². The van der Waals surface area contributed by atoms with E-state index in [0.717, 1.165) is 17.0 Å². The largest absolute Gasteiger partial charge is 0.360 e. The number of benzene rings is 1. The highest BCUT2D eigenvalue weighted by atomic mass is 16.5. The molecule has 1 aliphatic carbocycles. The number of rotatable bonds is 2. The van der Waals surface area contributed by atoms with Crippen molar-refractivity contribution in [1.29, 1.82) is 0 Å². The molecule has 0 amide bonds. The number of nitrogens with zero attached hydrogens (tertiary/aromatic N) is 1. The van der Waals surface area contributed by atoms with E-state index in [9.17, 15) is 0 Å². The molecule has 1 aliphatic rings. The molecule has 3 rings (SSSR count). The summed E-state index contributed by atoms with van der Waals surface area (Å²) in [5, 5.41) is 4.16. The summed E-state index contributed by atoms with van der Waals surface area (Å²) in [6.07, 6.45) is 3.74. The predicted molar refractivity (Wildman–Crippen MR) is 63.1 cm³/mol. The van der Waals surface area contributed by atoms with Gasteiger partial charge in [0.25, 0.3) is 0 Å². The monoisotopic (exact) mass is 213 g/mol. The summed E-state index contributed by atoms with van der Waals surface area (Å²) in [6, 6.07) is 12.3. The smallest absolute Gasteiger partial charge is 0.143 e. The molecule has 0 atom stereocenters. The SMILES string of the molecule is CC1(c2cc(-c3ccccc3)no2)CCC1. The van der Waals surface area contributed by atoms with Gasteiger partial charge in [-0.3, -0.25) is 0 Å². The van der Waals surface area contributed by atoms with Crippen LogP contribution in [0.25, 0.3) is 11.3 Å². The van der Waals surface area contributed by atoms with Crippen LogP contribution in [0.3, 0.4) is 0 Å². The third kappa shape index (κ3) is 1.45. The molecule has 1 heterocycles. The Morgan fingerprint density at radius 1 is 1.19 bits per heavy atom. The Hall–Kier alpha value is -1.57. The van der Waals surface area contributed by atoms with Crippen molar-refractivity contribution in [2.24, 2.45) is 0 Å². The fourth-order valence-electron chi connectivity index (χ4n) is 2.26.